The number of carbonyl (C=O) groups is 3. The number of nitrogens with zero attached hydrogens (tertiary/aromatic N) is 2. The van der Waals surface area contributed by atoms with Crippen molar-refractivity contribution in [1.29, 1.82) is 0 Å². The summed E-state index contributed by atoms with van der Waals surface area (Å²) in [5.41, 5.74) is 14.5. The van der Waals surface area contributed by atoms with Crippen molar-refractivity contribution in [1.82, 2.24) is 20.3 Å². The Balaban J connectivity index is 0.00000112. The molecule has 37 heavy (non-hydrogen) atoms. The molecule has 1 aromatic carbocycles. The highest BCUT2D eigenvalue weighted by molar-refractivity contribution is 5.96. The fraction of sp³-hybridized carbons (Fsp3) is 0.423. The topological polar surface area (TPSA) is 197 Å². The summed E-state index contributed by atoms with van der Waals surface area (Å²) in [6.45, 7) is 6.42. The molecule has 1 unspecified atom stereocenters. The minimum Gasteiger partial charge on any atom is -0.481 e. The quantitative estimate of drug-likeness (QED) is 0.222. The van der Waals surface area contributed by atoms with Gasteiger partial charge >= 0.3 is 11.9 Å². The van der Waals surface area contributed by atoms with Crippen LogP contribution in [0.15, 0.2) is 30.5 Å². The predicted molar refractivity (Wildman–Crippen MR) is 142 cm³/mol. The molecule has 200 valence electrons. The van der Waals surface area contributed by atoms with Crippen molar-refractivity contribution < 1.29 is 24.6 Å². The summed E-state index contributed by atoms with van der Waals surface area (Å²) in [4.78, 5) is 45.6. The number of aromatic nitrogens is 3. The third-order valence-corrected chi connectivity index (χ3v) is 6.00. The van der Waals surface area contributed by atoms with E-state index in [1.54, 1.807) is 12.1 Å². The van der Waals surface area contributed by atoms with Crippen LogP contribution in [0.5, 0.6) is 0 Å². The van der Waals surface area contributed by atoms with Gasteiger partial charge in [-0.15, -0.1) is 0 Å². The third kappa shape index (κ3) is 8.48. The number of rotatable bonds is 11. The van der Waals surface area contributed by atoms with Gasteiger partial charge in [0, 0.05) is 18.2 Å². The van der Waals surface area contributed by atoms with Gasteiger partial charge in [-0.3, -0.25) is 9.59 Å². The molecule has 11 heteroatoms. The molecular formula is C26H36N6O5. The number of benzene rings is 1. The van der Waals surface area contributed by atoms with Crippen LogP contribution in [-0.4, -0.2) is 49.1 Å². The summed E-state index contributed by atoms with van der Waals surface area (Å²) in [6.07, 6.45) is 5.47. The van der Waals surface area contributed by atoms with Crippen LogP contribution >= 0.6 is 0 Å². The van der Waals surface area contributed by atoms with Gasteiger partial charge in [0.25, 0.3) is 5.91 Å². The molecule has 2 aromatic heterocycles. The average Bonchev–Trinajstić information content (AvgIpc) is 3.27. The van der Waals surface area contributed by atoms with Crippen molar-refractivity contribution in [2.45, 2.75) is 71.3 Å². The lowest BCUT2D eigenvalue weighted by Gasteiger charge is -2.15. The molecule has 0 saturated heterocycles. The molecule has 0 aliphatic carbocycles. The first-order valence-corrected chi connectivity index (χ1v) is 12.3. The Kier molecular flexibility index (Phi) is 10.9. The highest BCUT2D eigenvalue weighted by atomic mass is 16.4. The zero-order chi connectivity index (χ0) is 27.5. The van der Waals surface area contributed by atoms with Crippen LogP contribution in [0.3, 0.4) is 0 Å². The van der Waals surface area contributed by atoms with Gasteiger partial charge in [0.15, 0.2) is 0 Å². The number of amides is 1. The third-order valence-electron chi connectivity index (χ3n) is 6.00. The van der Waals surface area contributed by atoms with E-state index in [-0.39, 0.29) is 24.7 Å². The molecule has 0 saturated carbocycles. The van der Waals surface area contributed by atoms with E-state index in [4.69, 9.17) is 16.6 Å². The largest absolute Gasteiger partial charge is 0.481 e. The van der Waals surface area contributed by atoms with Crippen molar-refractivity contribution >= 4 is 40.6 Å². The maximum atomic E-state index is 12.4. The number of anilines is 2. The number of carboxylic acids is 2. The summed E-state index contributed by atoms with van der Waals surface area (Å²) < 4.78 is 0. The maximum absolute atomic E-state index is 12.4. The molecular weight excluding hydrogens is 476 g/mol. The Morgan fingerprint density at radius 3 is 2.24 bits per heavy atom. The number of nitrogens with one attached hydrogen (secondary N) is 2. The normalized spacial score (nSPS) is 12.3. The van der Waals surface area contributed by atoms with Crippen LogP contribution < -0.4 is 16.8 Å². The first-order chi connectivity index (χ1) is 17.6. The van der Waals surface area contributed by atoms with Crippen molar-refractivity contribution in [2.24, 2.45) is 0 Å². The summed E-state index contributed by atoms with van der Waals surface area (Å²) in [7, 11) is 0. The minimum atomic E-state index is -1.28. The van der Waals surface area contributed by atoms with Gasteiger partial charge in [0.2, 0.25) is 5.95 Å². The number of unbranched alkanes of at least 4 members (excludes halogenated alkanes) is 1. The van der Waals surface area contributed by atoms with Gasteiger partial charge in [-0.2, -0.15) is 9.97 Å². The van der Waals surface area contributed by atoms with E-state index in [1.807, 2.05) is 18.3 Å². The number of H-pyrrole nitrogens is 1. The molecule has 0 aliphatic rings. The number of nitrogen functional groups attached to an aromatic ring is 2. The summed E-state index contributed by atoms with van der Waals surface area (Å²) in [6, 6.07) is 5.62. The number of aromatic amines is 1. The lowest BCUT2D eigenvalue weighted by molar-refractivity contribution is -0.140. The van der Waals surface area contributed by atoms with Gasteiger partial charge < -0.3 is 32.0 Å². The van der Waals surface area contributed by atoms with E-state index in [1.165, 1.54) is 12.8 Å². The number of hydrogen-bond acceptors (Lipinski definition) is 7. The number of aryl methyl sites for hydroxylation is 1. The highest BCUT2D eigenvalue weighted by Gasteiger charge is 2.22. The second-order valence-electron chi connectivity index (χ2n) is 8.86. The van der Waals surface area contributed by atoms with Crippen molar-refractivity contribution in [3.8, 4) is 0 Å². The second-order valence-corrected chi connectivity index (χ2v) is 8.86. The molecule has 2 heterocycles. The van der Waals surface area contributed by atoms with Gasteiger partial charge in [0.05, 0.1) is 5.39 Å². The smallest absolute Gasteiger partial charge is 0.326 e. The van der Waals surface area contributed by atoms with Crippen LogP contribution in [0.4, 0.5) is 11.8 Å². The average molecular weight is 513 g/mol. The van der Waals surface area contributed by atoms with E-state index >= 15 is 0 Å². The zero-order valence-electron chi connectivity index (χ0n) is 21.5. The van der Waals surface area contributed by atoms with E-state index in [0.29, 0.717) is 17.0 Å². The molecule has 0 bridgehead atoms. The molecule has 11 nitrogen and oxygen atoms in total. The van der Waals surface area contributed by atoms with E-state index in [2.05, 4.69) is 41.0 Å². The molecule has 8 N–H and O–H groups in total. The molecule has 0 spiro atoms. The number of carboxylic acid groups (broad SMARTS) is 2. The standard InChI is InChI=1S/C22H26N6O5.C4H10/c1-11(2-3-14-10-25-19-17(14)18(23)27-22(24)28-19)12-4-6-13(7-5-12)20(31)26-15(21(32)33)8-9-16(29)30;1-3-4-2/h4-7,10-11,15H,2-3,8-9H2,1H3,(H,26,31)(H,29,30)(H,32,33)(H5,23,24,25,27,28);3-4H2,1-2H3/t11?,15-;/m0./s1. The van der Waals surface area contributed by atoms with Crippen molar-refractivity contribution in [2.75, 3.05) is 11.5 Å². The van der Waals surface area contributed by atoms with Crippen molar-refractivity contribution in [3.63, 3.8) is 0 Å². The predicted octanol–water partition coefficient (Wildman–Crippen LogP) is 3.71. The number of aliphatic carboxylic acids is 2. The Hall–Kier alpha value is -4.15. The summed E-state index contributed by atoms with van der Waals surface area (Å²) >= 11 is 0. The van der Waals surface area contributed by atoms with Gasteiger partial charge in [0.1, 0.15) is 17.5 Å². The van der Waals surface area contributed by atoms with Gasteiger partial charge in [-0.05, 0) is 48.4 Å². The Labute approximate surface area is 215 Å². The minimum absolute atomic E-state index is 0.113. The summed E-state index contributed by atoms with van der Waals surface area (Å²) in [5.74, 6) is -2.35. The second kappa shape index (κ2) is 13.8. The Bertz CT molecular complexity index is 1210. The lowest BCUT2D eigenvalue weighted by Crippen LogP contribution is -2.41. The molecule has 0 radical (unpaired) electrons. The van der Waals surface area contributed by atoms with E-state index < -0.39 is 23.9 Å². The van der Waals surface area contributed by atoms with Crippen LogP contribution in [0.1, 0.15) is 80.3 Å². The maximum Gasteiger partial charge on any atom is 0.326 e. The van der Waals surface area contributed by atoms with Gasteiger partial charge in [-0.25, -0.2) is 4.79 Å². The van der Waals surface area contributed by atoms with Crippen molar-refractivity contribution in [3.05, 3.63) is 47.2 Å². The number of hydrogen-bond donors (Lipinski definition) is 6. The van der Waals surface area contributed by atoms with Gasteiger partial charge in [-0.1, -0.05) is 45.7 Å². The first kappa shape index (κ1) is 29.1. The molecule has 0 aliphatic heterocycles. The lowest BCUT2D eigenvalue weighted by atomic mass is 9.93. The highest BCUT2D eigenvalue weighted by Crippen LogP contribution is 2.27. The van der Waals surface area contributed by atoms with Crippen LogP contribution in [0, 0.1) is 0 Å². The number of fused-ring (bicyclic) bond motifs is 1. The van der Waals surface area contributed by atoms with Crippen LogP contribution in [0.25, 0.3) is 11.0 Å². The summed E-state index contributed by atoms with van der Waals surface area (Å²) in [5, 5.41) is 21.1. The zero-order valence-corrected chi connectivity index (χ0v) is 21.5. The van der Waals surface area contributed by atoms with Crippen LogP contribution in [0.2, 0.25) is 0 Å². The molecule has 3 aromatic rings. The fourth-order valence-electron chi connectivity index (χ4n) is 3.61. The number of nitrogens with two attached hydrogens (primary N) is 2. The number of carbonyl (C=O) groups excluding carboxylic acids is 1. The molecule has 0 fully saturated rings. The van der Waals surface area contributed by atoms with E-state index in [0.717, 1.165) is 29.4 Å². The monoisotopic (exact) mass is 512 g/mol. The SMILES string of the molecule is CC(CCc1c[nH]c2nc(N)nc(N)c12)c1ccc(C(=O)N[C@@H](CCC(=O)O)C(=O)O)cc1.CCCC. The Morgan fingerprint density at radius 2 is 1.68 bits per heavy atom. The van der Waals surface area contributed by atoms with E-state index in [9.17, 15) is 19.5 Å². The first-order valence-electron chi connectivity index (χ1n) is 12.3. The Morgan fingerprint density at radius 1 is 1.03 bits per heavy atom. The molecule has 2 atom stereocenters. The molecule has 1 amide bonds. The molecule has 3 rings (SSSR count). The fourth-order valence-corrected chi connectivity index (χ4v) is 3.61. The van der Waals surface area contributed by atoms with Crippen LogP contribution in [-0.2, 0) is 16.0 Å².